The van der Waals surface area contributed by atoms with E-state index < -0.39 is 15.1 Å². The average molecular weight is 537 g/mol. The standard InChI is InChI=1S/C34H36N2O2S/c1-4-36-26(3)33(31-14-8-9-15-32(31)36)34(39(37,38)30-22-16-25(2)17-23-30)28-18-20-29(21-19-28)35-24-10-13-27-11-6-5-7-12-27/h5-9,11-12,14-23,34-35H,4,10,13,24H2,1-3H3. The average Bonchev–Trinajstić information content (AvgIpc) is 3.23. The summed E-state index contributed by atoms with van der Waals surface area (Å²) >= 11 is 0. The predicted molar refractivity (Wildman–Crippen MR) is 162 cm³/mol. The lowest BCUT2D eigenvalue weighted by atomic mass is 10.0. The molecular formula is C34H36N2O2S. The van der Waals surface area contributed by atoms with Crippen LogP contribution in [-0.4, -0.2) is 19.5 Å². The molecule has 5 rings (SSSR count). The zero-order valence-corrected chi connectivity index (χ0v) is 23.7. The van der Waals surface area contributed by atoms with E-state index in [4.69, 9.17) is 0 Å². The number of rotatable bonds is 10. The normalized spacial score (nSPS) is 12.5. The largest absolute Gasteiger partial charge is 0.385 e. The Kier molecular flexibility index (Phi) is 7.89. The Labute approximate surface area is 232 Å². The van der Waals surface area contributed by atoms with Gasteiger partial charge in [-0.3, -0.25) is 0 Å². The van der Waals surface area contributed by atoms with E-state index in [0.29, 0.717) is 4.90 Å². The fourth-order valence-electron chi connectivity index (χ4n) is 5.51. The molecule has 0 spiro atoms. The van der Waals surface area contributed by atoms with Crippen LogP contribution in [0.4, 0.5) is 5.69 Å². The number of nitrogens with zero attached hydrogens (tertiary/aromatic N) is 1. The molecule has 4 aromatic carbocycles. The summed E-state index contributed by atoms with van der Waals surface area (Å²) in [6.07, 6.45) is 2.04. The molecule has 1 unspecified atom stereocenters. The number of sulfone groups is 1. The van der Waals surface area contributed by atoms with Crippen molar-refractivity contribution in [2.75, 3.05) is 11.9 Å². The number of benzene rings is 4. The second-order valence-corrected chi connectivity index (χ2v) is 12.2. The molecule has 0 fully saturated rings. The summed E-state index contributed by atoms with van der Waals surface area (Å²) in [4.78, 5) is 0.342. The minimum Gasteiger partial charge on any atom is -0.385 e. The topological polar surface area (TPSA) is 51.1 Å². The third-order valence-electron chi connectivity index (χ3n) is 7.55. The van der Waals surface area contributed by atoms with Crippen molar-refractivity contribution in [1.29, 1.82) is 0 Å². The summed E-state index contributed by atoms with van der Waals surface area (Å²) in [5, 5.41) is 3.67. The molecule has 5 aromatic rings. The minimum absolute atomic E-state index is 0.342. The molecule has 0 radical (unpaired) electrons. The number of aryl methyl sites for hydroxylation is 3. The number of aromatic nitrogens is 1. The second-order valence-electron chi connectivity index (χ2n) is 10.1. The van der Waals surface area contributed by atoms with Gasteiger partial charge in [0.05, 0.1) is 4.90 Å². The second kappa shape index (κ2) is 11.5. The lowest BCUT2D eigenvalue weighted by Crippen LogP contribution is -2.17. The van der Waals surface area contributed by atoms with Crippen molar-refractivity contribution in [2.45, 2.75) is 50.3 Å². The van der Waals surface area contributed by atoms with Crippen LogP contribution in [0.3, 0.4) is 0 Å². The van der Waals surface area contributed by atoms with Crippen molar-refractivity contribution in [2.24, 2.45) is 0 Å². The van der Waals surface area contributed by atoms with Gasteiger partial charge in [0.25, 0.3) is 0 Å². The molecule has 39 heavy (non-hydrogen) atoms. The number of para-hydroxylation sites is 1. The Morgan fingerprint density at radius 1 is 0.795 bits per heavy atom. The summed E-state index contributed by atoms with van der Waals surface area (Å²) in [5.74, 6) is 0. The van der Waals surface area contributed by atoms with E-state index in [1.165, 1.54) is 5.56 Å². The maximum Gasteiger partial charge on any atom is 0.189 e. The molecule has 1 heterocycles. The van der Waals surface area contributed by atoms with E-state index in [-0.39, 0.29) is 0 Å². The van der Waals surface area contributed by atoms with Gasteiger partial charge in [-0.05, 0) is 75.1 Å². The van der Waals surface area contributed by atoms with E-state index in [0.717, 1.165) is 64.9 Å². The van der Waals surface area contributed by atoms with E-state index in [1.54, 1.807) is 12.1 Å². The van der Waals surface area contributed by atoms with Crippen LogP contribution in [0, 0.1) is 13.8 Å². The summed E-state index contributed by atoms with van der Waals surface area (Å²) in [7, 11) is -3.73. The van der Waals surface area contributed by atoms with Crippen LogP contribution in [0.25, 0.3) is 10.9 Å². The lowest BCUT2D eigenvalue weighted by Gasteiger charge is -2.21. The highest BCUT2D eigenvalue weighted by atomic mass is 32.2. The highest BCUT2D eigenvalue weighted by Gasteiger charge is 2.35. The van der Waals surface area contributed by atoms with Crippen molar-refractivity contribution in [3.63, 3.8) is 0 Å². The summed E-state index contributed by atoms with van der Waals surface area (Å²) in [6.45, 7) is 7.74. The van der Waals surface area contributed by atoms with Crippen LogP contribution < -0.4 is 5.32 Å². The van der Waals surface area contributed by atoms with Crippen LogP contribution >= 0.6 is 0 Å². The fourth-order valence-corrected chi connectivity index (χ4v) is 7.42. The van der Waals surface area contributed by atoms with Gasteiger partial charge in [-0.25, -0.2) is 8.42 Å². The monoisotopic (exact) mass is 536 g/mol. The Hall–Kier alpha value is -3.83. The van der Waals surface area contributed by atoms with Gasteiger partial charge < -0.3 is 9.88 Å². The molecule has 0 amide bonds. The first kappa shape index (κ1) is 26.8. The smallest absolute Gasteiger partial charge is 0.189 e. The zero-order valence-electron chi connectivity index (χ0n) is 22.9. The van der Waals surface area contributed by atoms with Crippen LogP contribution in [0.2, 0.25) is 0 Å². The lowest BCUT2D eigenvalue weighted by molar-refractivity contribution is 0.588. The zero-order chi connectivity index (χ0) is 27.4. The molecule has 1 aromatic heterocycles. The van der Waals surface area contributed by atoms with Gasteiger partial charge in [-0.15, -0.1) is 0 Å². The number of hydrogen-bond donors (Lipinski definition) is 1. The molecule has 1 N–H and O–H groups in total. The van der Waals surface area contributed by atoms with Crippen molar-refractivity contribution in [3.8, 4) is 0 Å². The molecule has 0 aliphatic rings. The number of fused-ring (bicyclic) bond motifs is 1. The molecule has 0 saturated carbocycles. The van der Waals surface area contributed by atoms with Crippen molar-refractivity contribution < 1.29 is 8.42 Å². The Bertz CT molecular complexity index is 1650. The van der Waals surface area contributed by atoms with Gasteiger partial charge in [0.2, 0.25) is 0 Å². The summed E-state index contributed by atoms with van der Waals surface area (Å²) < 4.78 is 30.9. The van der Waals surface area contributed by atoms with Crippen LogP contribution in [0.5, 0.6) is 0 Å². The van der Waals surface area contributed by atoms with Crippen LogP contribution in [0.15, 0.2) is 108 Å². The Morgan fingerprint density at radius 3 is 2.15 bits per heavy atom. The van der Waals surface area contributed by atoms with Crippen molar-refractivity contribution >= 4 is 26.4 Å². The first-order chi connectivity index (χ1) is 18.9. The van der Waals surface area contributed by atoms with Crippen molar-refractivity contribution in [1.82, 2.24) is 4.57 Å². The minimum atomic E-state index is -3.73. The molecule has 0 bridgehead atoms. The third-order valence-corrected chi connectivity index (χ3v) is 9.60. The number of nitrogens with one attached hydrogen (secondary N) is 1. The van der Waals surface area contributed by atoms with E-state index in [9.17, 15) is 8.42 Å². The number of anilines is 1. The Morgan fingerprint density at radius 2 is 1.46 bits per heavy atom. The van der Waals surface area contributed by atoms with Crippen LogP contribution in [0.1, 0.15) is 46.5 Å². The molecule has 1 atom stereocenters. The predicted octanol–water partition coefficient (Wildman–Crippen LogP) is 7.89. The van der Waals surface area contributed by atoms with E-state index in [2.05, 4.69) is 47.1 Å². The molecule has 0 saturated heterocycles. The van der Waals surface area contributed by atoms with Gasteiger partial charge in [0.1, 0.15) is 5.25 Å². The van der Waals surface area contributed by atoms with Gasteiger partial charge in [0.15, 0.2) is 9.84 Å². The fraction of sp³-hybridized carbons (Fsp3) is 0.235. The molecule has 0 aliphatic carbocycles. The molecule has 5 heteroatoms. The van der Waals surface area contributed by atoms with Crippen molar-refractivity contribution in [3.05, 3.63) is 131 Å². The summed E-state index contributed by atoms with van der Waals surface area (Å²) in [6, 6.07) is 33.8. The first-order valence-corrected chi connectivity index (χ1v) is 15.2. The molecular weight excluding hydrogens is 500 g/mol. The van der Waals surface area contributed by atoms with Gasteiger partial charge in [0, 0.05) is 40.9 Å². The summed E-state index contributed by atoms with van der Waals surface area (Å²) in [5.41, 5.74) is 7.04. The molecule has 0 aliphatic heterocycles. The van der Waals surface area contributed by atoms with Gasteiger partial charge in [-0.2, -0.15) is 0 Å². The maximum absolute atomic E-state index is 14.3. The quantitative estimate of drug-likeness (QED) is 0.185. The van der Waals surface area contributed by atoms with E-state index in [1.807, 2.05) is 74.5 Å². The highest BCUT2D eigenvalue weighted by Crippen LogP contribution is 2.42. The van der Waals surface area contributed by atoms with E-state index >= 15 is 0 Å². The highest BCUT2D eigenvalue weighted by molar-refractivity contribution is 7.92. The van der Waals surface area contributed by atoms with Crippen LogP contribution in [-0.2, 0) is 22.8 Å². The van der Waals surface area contributed by atoms with Gasteiger partial charge in [-0.1, -0.05) is 78.4 Å². The first-order valence-electron chi connectivity index (χ1n) is 13.7. The Balaban J connectivity index is 1.50. The molecule has 4 nitrogen and oxygen atoms in total. The van der Waals surface area contributed by atoms with Gasteiger partial charge >= 0.3 is 0 Å². The molecule has 200 valence electrons. The third kappa shape index (κ3) is 5.50. The SMILES string of the molecule is CCn1c(C)c(C(c2ccc(NCCCc3ccccc3)cc2)S(=O)(=O)c2ccc(C)cc2)c2ccccc21. The maximum atomic E-state index is 14.3. The number of hydrogen-bond acceptors (Lipinski definition) is 3.